The summed E-state index contributed by atoms with van der Waals surface area (Å²) in [6.07, 6.45) is 2.09. The van der Waals surface area contributed by atoms with Gasteiger partial charge in [0.1, 0.15) is 5.82 Å². The van der Waals surface area contributed by atoms with Crippen molar-refractivity contribution in [1.82, 2.24) is 9.80 Å². The maximum atomic E-state index is 13.0. The number of aliphatic hydroxyl groups excluding tert-OH is 1. The van der Waals surface area contributed by atoms with E-state index in [1.54, 1.807) is 12.1 Å². The molecule has 0 aliphatic carbocycles. The summed E-state index contributed by atoms with van der Waals surface area (Å²) in [6.45, 7) is 3.92. The van der Waals surface area contributed by atoms with E-state index in [4.69, 9.17) is 5.73 Å². The number of aliphatic hydroxyl groups is 1. The zero-order valence-corrected chi connectivity index (χ0v) is 13.9. The van der Waals surface area contributed by atoms with Crippen molar-refractivity contribution in [2.75, 3.05) is 26.2 Å². The number of benzene rings is 1. The van der Waals surface area contributed by atoms with Crippen LogP contribution in [-0.2, 0) is 11.3 Å². The van der Waals surface area contributed by atoms with Crippen molar-refractivity contribution in [3.05, 3.63) is 35.6 Å². The molecule has 24 heavy (non-hydrogen) atoms. The molecular formula is C18H26FN3O2. The number of halogens is 1. The fourth-order valence-electron chi connectivity index (χ4n) is 3.92. The molecule has 0 radical (unpaired) electrons. The number of likely N-dealkylation sites (tertiary alicyclic amines) is 2. The van der Waals surface area contributed by atoms with Crippen molar-refractivity contribution in [2.24, 2.45) is 11.7 Å². The second kappa shape index (κ2) is 7.59. The summed E-state index contributed by atoms with van der Waals surface area (Å²) in [5, 5.41) is 10.6. The van der Waals surface area contributed by atoms with Gasteiger partial charge in [-0.1, -0.05) is 12.1 Å². The summed E-state index contributed by atoms with van der Waals surface area (Å²) in [5.41, 5.74) is 6.44. The first-order valence-electron chi connectivity index (χ1n) is 8.71. The van der Waals surface area contributed by atoms with E-state index >= 15 is 0 Å². The van der Waals surface area contributed by atoms with E-state index in [-0.39, 0.29) is 23.7 Å². The topological polar surface area (TPSA) is 69.8 Å². The number of carbonyl (C=O) groups is 1. The number of rotatable bonds is 4. The van der Waals surface area contributed by atoms with Crippen molar-refractivity contribution in [2.45, 2.75) is 38.0 Å². The summed E-state index contributed by atoms with van der Waals surface area (Å²) >= 11 is 0. The average Bonchev–Trinajstić information content (AvgIpc) is 2.57. The molecule has 2 saturated heterocycles. The third kappa shape index (κ3) is 4.12. The minimum atomic E-state index is -0.399. The maximum absolute atomic E-state index is 13.0. The Labute approximate surface area is 142 Å². The Morgan fingerprint density at radius 3 is 2.42 bits per heavy atom. The van der Waals surface area contributed by atoms with Crippen LogP contribution in [0.25, 0.3) is 0 Å². The summed E-state index contributed by atoms with van der Waals surface area (Å²) in [7, 11) is 0. The van der Waals surface area contributed by atoms with Crippen molar-refractivity contribution in [3.63, 3.8) is 0 Å². The fourth-order valence-corrected chi connectivity index (χ4v) is 3.92. The van der Waals surface area contributed by atoms with Crippen LogP contribution in [0.5, 0.6) is 0 Å². The van der Waals surface area contributed by atoms with Crippen molar-refractivity contribution in [1.29, 1.82) is 0 Å². The van der Waals surface area contributed by atoms with Crippen LogP contribution < -0.4 is 5.73 Å². The monoisotopic (exact) mass is 335 g/mol. The first kappa shape index (κ1) is 17.3. The normalized spacial score (nSPS) is 27.2. The van der Waals surface area contributed by atoms with Crippen LogP contribution in [0.3, 0.4) is 0 Å². The quantitative estimate of drug-likeness (QED) is 0.860. The highest BCUT2D eigenvalue weighted by Crippen LogP contribution is 2.24. The third-order valence-corrected chi connectivity index (χ3v) is 5.35. The number of hydrogen-bond acceptors (Lipinski definition) is 4. The molecule has 1 aromatic carbocycles. The van der Waals surface area contributed by atoms with E-state index in [2.05, 4.69) is 9.80 Å². The molecule has 2 aliphatic rings. The van der Waals surface area contributed by atoms with Crippen LogP contribution in [0.1, 0.15) is 24.8 Å². The molecule has 0 saturated carbocycles. The van der Waals surface area contributed by atoms with Crippen LogP contribution >= 0.6 is 0 Å². The fraction of sp³-hybridized carbons (Fsp3) is 0.611. The molecular weight excluding hydrogens is 309 g/mol. The van der Waals surface area contributed by atoms with Crippen LogP contribution in [0.2, 0.25) is 0 Å². The SMILES string of the molecule is NC(=O)C1CCN([C@@H]2CCN(Cc3ccc(F)cc3)C[C@H]2O)CC1. The second-order valence-corrected chi connectivity index (χ2v) is 7.00. The minimum absolute atomic E-state index is 0.0167. The summed E-state index contributed by atoms with van der Waals surface area (Å²) < 4.78 is 13.0. The van der Waals surface area contributed by atoms with E-state index in [0.717, 1.165) is 51.0 Å². The van der Waals surface area contributed by atoms with Gasteiger partial charge in [0.05, 0.1) is 6.10 Å². The highest BCUT2D eigenvalue weighted by molar-refractivity contribution is 5.76. The number of β-amino-alcohol motifs (C(OH)–C–C–N with tert-alkyl or cyclic N) is 1. The van der Waals surface area contributed by atoms with Crippen molar-refractivity contribution < 1.29 is 14.3 Å². The lowest BCUT2D eigenvalue weighted by molar-refractivity contribution is -0.123. The van der Waals surface area contributed by atoms with Crippen LogP contribution in [0.15, 0.2) is 24.3 Å². The van der Waals surface area contributed by atoms with Gasteiger partial charge in [0.2, 0.25) is 5.91 Å². The Morgan fingerprint density at radius 1 is 1.17 bits per heavy atom. The minimum Gasteiger partial charge on any atom is -0.390 e. The molecule has 2 heterocycles. The van der Waals surface area contributed by atoms with E-state index in [9.17, 15) is 14.3 Å². The molecule has 3 rings (SSSR count). The molecule has 5 nitrogen and oxygen atoms in total. The molecule has 3 N–H and O–H groups in total. The van der Waals surface area contributed by atoms with E-state index in [1.807, 2.05) is 0 Å². The average molecular weight is 335 g/mol. The molecule has 2 fully saturated rings. The number of hydrogen-bond donors (Lipinski definition) is 2. The van der Waals surface area contributed by atoms with Gasteiger partial charge in [0.25, 0.3) is 0 Å². The van der Waals surface area contributed by atoms with E-state index in [0.29, 0.717) is 6.54 Å². The highest BCUT2D eigenvalue weighted by atomic mass is 19.1. The van der Waals surface area contributed by atoms with E-state index < -0.39 is 6.10 Å². The van der Waals surface area contributed by atoms with Crippen molar-refractivity contribution in [3.8, 4) is 0 Å². The summed E-state index contributed by atoms with van der Waals surface area (Å²) in [6, 6.07) is 6.69. The first-order valence-corrected chi connectivity index (χ1v) is 8.71. The molecule has 0 aromatic heterocycles. The molecule has 1 amide bonds. The molecule has 6 heteroatoms. The lowest BCUT2D eigenvalue weighted by Gasteiger charge is -2.44. The Kier molecular flexibility index (Phi) is 5.48. The predicted molar refractivity (Wildman–Crippen MR) is 89.6 cm³/mol. The van der Waals surface area contributed by atoms with Gasteiger partial charge in [0, 0.05) is 31.6 Å². The molecule has 0 spiro atoms. The standard InChI is InChI=1S/C18H26FN3O2/c19-15-3-1-13(2-4-15)11-21-8-7-16(17(23)12-21)22-9-5-14(6-10-22)18(20)24/h1-4,14,16-17,23H,5-12H2,(H2,20,24)/t16-,17-/m1/s1. The van der Waals surface area contributed by atoms with Gasteiger partial charge in [-0.25, -0.2) is 4.39 Å². The van der Waals surface area contributed by atoms with Gasteiger partial charge in [-0.2, -0.15) is 0 Å². The molecule has 1 aromatic rings. The summed E-state index contributed by atoms with van der Waals surface area (Å²) in [4.78, 5) is 15.8. The first-order chi connectivity index (χ1) is 11.5. The maximum Gasteiger partial charge on any atom is 0.220 e. The second-order valence-electron chi connectivity index (χ2n) is 7.00. The van der Waals surface area contributed by atoms with Gasteiger partial charge in [-0.3, -0.25) is 14.6 Å². The molecule has 0 unspecified atom stereocenters. The zero-order valence-electron chi connectivity index (χ0n) is 13.9. The predicted octanol–water partition coefficient (Wildman–Crippen LogP) is 0.958. The Bertz CT molecular complexity index is 558. The van der Waals surface area contributed by atoms with Crippen molar-refractivity contribution >= 4 is 5.91 Å². The Balaban J connectivity index is 1.50. The third-order valence-electron chi connectivity index (χ3n) is 5.35. The molecule has 2 aliphatic heterocycles. The van der Waals surface area contributed by atoms with Gasteiger partial charge < -0.3 is 10.8 Å². The van der Waals surface area contributed by atoms with E-state index in [1.165, 1.54) is 12.1 Å². The van der Waals surface area contributed by atoms with Gasteiger partial charge in [0.15, 0.2) is 0 Å². The number of nitrogens with two attached hydrogens (primary N) is 1. The lowest BCUT2D eigenvalue weighted by atomic mass is 9.92. The van der Waals surface area contributed by atoms with Gasteiger partial charge >= 0.3 is 0 Å². The lowest BCUT2D eigenvalue weighted by Crippen LogP contribution is -2.56. The largest absolute Gasteiger partial charge is 0.390 e. The highest BCUT2D eigenvalue weighted by Gasteiger charge is 2.34. The smallest absolute Gasteiger partial charge is 0.220 e. The number of nitrogens with zero attached hydrogens (tertiary/aromatic N) is 2. The van der Waals surface area contributed by atoms with Crippen LogP contribution in [0.4, 0.5) is 4.39 Å². The number of primary amides is 1. The number of amides is 1. The number of piperidine rings is 2. The van der Waals surface area contributed by atoms with Gasteiger partial charge in [-0.05, 0) is 50.0 Å². The molecule has 132 valence electrons. The Hall–Kier alpha value is -1.50. The Morgan fingerprint density at radius 2 is 1.83 bits per heavy atom. The molecule has 0 bridgehead atoms. The zero-order chi connectivity index (χ0) is 17.1. The summed E-state index contributed by atoms with van der Waals surface area (Å²) in [5.74, 6) is -0.446. The van der Waals surface area contributed by atoms with Crippen LogP contribution in [0, 0.1) is 11.7 Å². The van der Waals surface area contributed by atoms with Gasteiger partial charge in [-0.15, -0.1) is 0 Å². The number of carbonyl (C=O) groups excluding carboxylic acids is 1. The molecule has 2 atom stereocenters. The van der Waals surface area contributed by atoms with Crippen LogP contribution in [-0.4, -0.2) is 59.1 Å².